The van der Waals surface area contributed by atoms with Crippen LogP contribution >= 0.6 is 0 Å². The summed E-state index contributed by atoms with van der Waals surface area (Å²) >= 11 is 0. The van der Waals surface area contributed by atoms with E-state index in [1.807, 2.05) is 42.5 Å². The van der Waals surface area contributed by atoms with Gasteiger partial charge in [-0.1, -0.05) is 68.4 Å². The summed E-state index contributed by atoms with van der Waals surface area (Å²) < 4.78 is 5.58. The van der Waals surface area contributed by atoms with E-state index < -0.39 is 0 Å². The number of benzene rings is 3. The predicted octanol–water partition coefficient (Wildman–Crippen LogP) is 4.03. The van der Waals surface area contributed by atoms with Gasteiger partial charge in [-0.3, -0.25) is 10.1 Å². The van der Waals surface area contributed by atoms with Crippen molar-refractivity contribution in [3.8, 4) is 5.75 Å². The maximum Gasteiger partial charge on any atom is 0.183 e. The average Bonchev–Trinajstić information content (AvgIpc) is 2.71. The summed E-state index contributed by atoms with van der Waals surface area (Å²) in [5.74, 6) is 1.15. The molecule has 3 aromatic carbocycles. The molecular formula is C24H28N2O2. The summed E-state index contributed by atoms with van der Waals surface area (Å²) in [5, 5.41) is 5.49. The SMILES string of the molecule is CC(C)c1ccc(OCC(=O)CN[C@H](N)Cc2cccc3ccccc23)cc1. The maximum atomic E-state index is 12.1. The summed E-state index contributed by atoms with van der Waals surface area (Å²) in [6, 6.07) is 22.3. The highest BCUT2D eigenvalue weighted by Gasteiger charge is 2.10. The summed E-state index contributed by atoms with van der Waals surface area (Å²) in [6.07, 6.45) is 0.367. The maximum absolute atomic E-state index is 12.1. The van der Waals surface area contributed by atoms with E-state index in [0.717, 1.165) is 0 Å². The van der Waals surface area contributed by atoms with E-state index in [2.05, 4.69) is 43.4 Å². The monoisotopic (exact) mass is 376 g/mol. The Kier molecular flexibility index (Phi) is 6.80. The normalized spacial score (nSPS) is 12.3. The fraction of sp³-hybridized carbons (Fsp3) is 0.292. The van der Waals surface area contributed by atoms with E-state index >= 15 is 0 Å². The minimum Gasteiger partial charge on any atom is -0.486 e. The Bertz CT molecular complexity index is 914. The van der Waals surface area contributed by atoms with Crippen LogP contribution in [-0.2, 0) is 11.2 Å². The highest BCUT2D eigenvalue weighted by Crippen LogP contribution is 2.20. The zero-order valence-corrected chi connectivity index (χ0v) is 16.5. The van der Waals surface area contributed by atoms with Gasteiger partial charge in [-0.15, -0.1) is 0 Å². The van der Waals surface area contributed by atoms with Gasteiger partial charge in [0.25, 0.3) is 0 Å². The van der Waals surface area contributed by atoms with Gasteiger partial charge in [0.15, 0.2) is 5.78 Å². The van der Waals surface area contributed by atoms with Crippen LogP contribution in [0.1, 0.15) is 30.9 Å². The summed E-state index contributed by atoms with van der Waals surface area (Å²) in [6.45, 7) is 4.52. The number of rotatable bonds is 9. The molecular weight excluding hydrogens is 348 g/mol. The van der Waals surface area contributed by atoms with Crippen molar-refractivity contribution in [3.05, 3.63) is 77.9 Å². The van der Waals surface area contributed by atoms with Crippen LogP contribution in [0.3, 0.4) is 0 Å². The number of carbonyl (C=O) groups excluding carboxylic acids is 1. The van der Waals surface area contributed by atoms with E-state index in [-0.39, 0.29) is 25.1 Å². The molecule has 146 valence electrons. The van der Waals surface area contributed by atoms with Crippen molar-refractivity contribution in [1.82, 2.24) is 5.32 Å². The number of carbonyl (C=O) groups is 1. The second kappa shape index (κ2) is 9.49. The van der Waals surface area contributed by atoms with Crippen LogP contribution in [0.5, 0.6) is 5.75 Å². The predicted molar refractivity (Wildman–Crippen MR) is 115 cm³/mol. The van der Waals surface area contributed by atoms with E-state index in [0.29, 0.717) is 18.1 Å². The van der Waals surface area contributed by atoms with Crippen LogP contribution in [0, 0.1) is 0 Å². The molecule has 3 N–H and O–H groups in total. The Labute approximate surface area is 166 Å². The highest BCUT2D eigenvalue weighted by molar-refractivity contribution is 5.85. The Morgan fingerprint density at radius 2 is 1.71 bits per heavy atom. The number of ketones is 1. The molecule has 0 spiro atoms. The lowest BCUT2D eigenvalue weighted by Crippen LogP contribution is -2.42. The molecule has 0 aromatic heterocycles. The smallest absolute Gasteiger partial charge is 0.183 e. The molecule has 0 saturated heterocycles. The first-order valence-electron chi connectivity index (χ1n) is 9.73. The Balaban J connectivity index is 1.46. The van der Waals surface area contributed by atoms with Crippen LogP contribution < -0.4 is 15.8 Å². The molecule has 0 saturated carbocycles. The van der Waals surface area contributed by atoms with E-state index in [1.165, 1.54) is 21.9 Å². The molecule has 4 nitrogen and oxygen atoms in total. The largest absolute Gasteiger partial charge is 0.486 e. The number of Topliss-reactive ketones (excluding diaryl/α,β-unsaturated/α-hetero) is 1. The standard InChI is InChI=1S/C24H28N2O2/c1-17(2)18-10-12-22(13-11-18)28-16-21(27)15-26-24(25)14-20-8-5-7-19-6-3-4-9-23(19)20/h3-13,17,24,26H,14-16,25H2,1-2H3/t24-/m0/s1. The molecule has 28 heavy (non-hydrogen) atoms. The lowest BCUT2D eigenvalue weighted by Gasteiger charge is -2.15. The van der Waals surface area contributed by atoms with Crippen molar-refractivity contribution in [2.24, 2.45) is 5.73 Å². The quantitative estimate of drug-likeness (QED) is 0.554. The second-order valence-electron chi connectivity index (χ2n) is 7.38. The molecule has 0 radical (unpaired) electrons. The van der Waals surface area contributed by atoms with Crippen LogP contribution in [-0.4, -0.2) is 25.1 Å². The van der Waals surface area contributed by atoms with E-state index in [9.17, 15) is 4.79 Å². The van der Waals surface area contributed by atoms with Gasteiger partial charge in [-0.2, -0.15) is 0 Å². The molecule has 0 heterocycles. The lowest BCUT2D eigenvalue weighted by atomic mass is 10.0. The fourth-order valence-electron chi connectivity index (χ4n) is 3.19. The third kappa shape index (κ3) is 5.41. The van der Waals surface area contributed by atoms with Gasteiger partial charge in [-0.25, -0.2) is 0 Å². The van der Waals surface area contributed by atoms with Crippen molar-refractivity contribution >= 4 is 16.6 Å². The first kappa shape index (κ1) is 20.1. The third-order valence-corrected chi connectivity index (χ3v) is 4.83. The molecule has 3 rings (SSSR count). The average molecular weight is 377 g/mol. The van der Waals surface area contributed by atoms with Gasteiger partial charge in [0, 0.05) is 6.42 Å². The molecule has 4 heteroatoms. The van der Waals surface area contributed by atoms with Crippen molar-refractivity contribution in [2.45, 2.75) is 32.4 Å². The Hall–Kier alpha value is -2.69. The van der Waals surface area contributed by atoms with Gasteiger partial charge in [0.1, 0.15) is 12.4 Å². The molecule has 0 bridgehead atoms. The number of nitrogens with two attached hydrogens (primary N) is 1. The number of fused-ring (bicyclic) bond motifs is 1. The number of ether oxygens (including phenoxy) is 1. The third-order valence-electron chi connectivity index (χ3n) is 4.83. The van der Waals surface area contributed by atoms with Gasteiger partial charge in [0.05, 0.1) is 12.7 Å². The van der Waals surface area contributed by atoms with Gasteiger partial charge < -0.3 is 10.5 Å². The summed E-state index contributed by atoms with van der Waals surface area (Å²) in [4.78, 5) is 12.1. The lowest BCUT2D eigenvalue weighted by molar-refractivity contribution is -0.120. The van der Waals surface area contributed by atoms with Crippen molar-refractivity contribution in [2.75, 3.05) is 13.2 Å². The molecule has 3 aromatic rings. The molecule has 0 fully saturated rings. The van der Waals surface area contributed by atoms with E-state index in [1.54, 1.807) is 0 Å². The molecule has 0 aliphatic carbocycles. The summed E-state index contributed by atoms with van der Waals surface area (Å²) in [7, 11) is 0. The van der Waals surface area contributed by atoms with Crippen LogP contribution in [0.2, 0.25) is 0 Å². The zero-order valence-electron chi connectivity index (χ0n) is 16.5. The zero-order chi connectivity index (χ0) is 19.9. The molecule has 0 amide bonds. The number of hydrogen-bond acceptors (Lipinski definition) is 4. The van der Waals surface area contributed by atoms with Crippen molar-refractivity contribution in [3.63, 3.8) is 0 Å². The number of nitrogens with one attached hydrogen (secondary N) is 1. The highest BCUT2D eigenvalue weighted by atomic mass is 16.5. The first-order chi connectivity index (χ1) is 13.5. The minimum absolute atomic E-state index is 0.0266. The van der Waals surface area contributed by atoms with Crippen LogP contribution in [0.15, 0.2) is 66.7 Å². The molecule has 0 aliphatic heterocycles. The van der Waals surface area contributed by atoms with Crippen molar-refractivity contribution < 1.29 is 9.53 Å². The van der Waals surface area contributed by atoms with Gasteiger partial charge >= 0.3 is 0 Å². The van der Waals surface area contributed by atoms with Gasteiger partial charge in [-0.05, 0) is 39.9 Å². The summed E-state index contributed by atoms with van der Waals surface area (Å²) in [5.41, 5.74) is 8.62. The second-order valence-corrected chi connectivity index (χ2v) is 7.38. The minimum atomic E-state index is -0.292. The first-order valence-corrected chi connectivity index (χ1v) is 9.73. The molecule has 1 atom stereocenters. The topological polar surface area (TPSA) is 64.3 Å². The number of hydrogen-bond donors (Lipinski definition) is 2. The Morgan fingerprint density at radius 3 is 2.46 bits per heavy atom. The Morgan fingerprint density at radius 1 is 1.00 bits per heavy atom. The van der Waals surface area contributed by atoms with Gasteiger partial charge in [0.2, 0.25) is 0 Å². The fourth-order valence-corrected chi connectivity index (χ4v) is 3.19. The van der Waals surface area contributed by atoms with Crippen LogP contribution in [0.4, 0.5) is 0 Å². The van der Waals surface area contributed by atoms with Crippen molar-refractivity contribution in [1.29, 1.82) is 0 Å². The van der Waals surface area contributed by atoms with E-state index in [4.69, 9.17) is 10.5 Å². The molecule has 0 aliphatic rings. The molecule has 0 unspecified atom stereocenters. The van der Waals surface area contributed by atoms with Crippen LogP contribution in [0.25, 0.3) is 10.8 Å².